The minimum absolute atomic E-state index is 0.186. The van der Waals surface area contributed by atoms with Crippen LogP contribution in [0.3, 0.4) is 0 Å². The number of aliphatic hydroxyl groups excluding tert-OH is 1. The number of likely N-dealkylation sites (N-methyl/N-ethyl adjacent to an activating group) is 1. The number of aromatic nitrogens is 1. The number of aryl methyl sites for hydroxylation is 2. The fourth-order valence-electron chi connectivity index (χ4n) is 2.36. The van der Waals surface area contributed by atoms with E-state index in [4.69, 9.17) is 0 Å². The molecule has 3 nitrogen and oxygen atoms in total. The molecule has 0 aliphatic carbocycles. The number of hydrogen-bond donors (Lipinski definition) is 1. The summed E-state index contributed by atoms with van der Waals surface area (Å²) < 4.78 is 12.9. The summed E-state index contributed by atoms with van der Waals surface area (Å²) in [6.45, 7) is 6.61. The Hall–Kier alpha value is -1.30. The van der Waals surface area contributed by atoms with Gasteiger partial charge in [-0.2, -0.15) is 0 Å². The van der Waals surface area contributed by atoms with Crippen molar-refractivity contribution in [3.63, 3.8) is 0 Å². The molecule has 1 N–H and O–H groups in total. The van der Waals surface area contributed by atoms with E-state index in [0.29, 0.717) is 6.54 Å². The van der Waals surface area contributed by atoms with Gasteiger partial charge in [0.2, 0.25) is 0 Å². The molecule has 1 aromatic carbocycles. The van der Waals surface area contributed by atoms with Gasteiger partial charge in [0.25, 0.3) is 0 Å². The molecule has 0 spiro atoms. The van der Waals surface area contributed by atoms with Crippen molar-refractivity contribution in [1.82, 2.24) is 9.88 Å². The second-order valence-electron chi connectivity index (χ2n) is 5.37. The number of rotatable bonds is 5. The van der Waals surface area contributed by atoms with Crippen LogP contribution < -0.4 is 0 Å². The number of halogens is 1. The highest BCUT2D eigenvalue weighted by Gasteiger charge is 2.20. The van der Waals surface area contributed by atoms with Gasteiger partial charge < -0.3 is 5.11 Å². The smallest absolute Gasteiger partial charge is 0.123 e. The lowest BCUT2D eigenvalue weighted by Crippen LogP contribution is -2.27. The van der Waals surface area contributed by atoms with Crippen LogP contribution in [0.4, 0.5) is 4.39 Å². The Labute approximate surface area is 129 Å². The highest BCUT2D eigenvalue weighted by molar-refractivity contribution is 7.11. The third-order valence-electron chi connectivity index (χ3n) is 3.70. The van der Waals surface area contributed by atoms with E-state index in [1.165, 1.54) is 17.0 Å². The van der Waals surface area contributed by atoms with Crippen molar-refractivity contribution < 1.29 is 9.50 Å². The van der Waals surface area contributed by atoms with Crippen LogP contribution in [0.15, 0.2) is 24.3 Å². The summed E-state index contributed by atoms with van der Waals surface area (Å²) in [5.41, 5.74) is 1.78. The molecular weight excluding hydrogens is 287 g/mol. The molecule has 0 fully saturated rings. The van der Waals surface area contributed by atoms with Crippen molar-refractivity contribution in [1.29, 1.82) is 0 Å². The summed E-state index contributed by atoms with van der Waals surface area (Å²) in [5.74, 6) is -0.288. The Morgan fingerprint density at radius 3 is 2.43 bits per heavy atom. The molecule has 5 heteroatoms. The largest absolute Gasteiger partial charge is 0.387 e. The maximum Gasteiger partial charge on any atom is 0.123 e. The standard InChI is InChI=1S/C16H21FN2OS/c1-10-16(21-12(3)18-10)11(2)19(4)9-15(20)13-5-7-14(17)8-6-13/h5-8,11,15,20H,9H2,1-4H3. The minimum atomic E-state index is -0.632. The predicted molar refractivity (Wildman–Crippen MR) is 84.0 cm³/mol. The lowest BCUT2D eigenvalue weighted by atomic mass is 10.1. The van der Waals surface area contributed by atoms with E-state index < -0.39 is 6.10 Å². The van der Waals surface area contributed by atoms with Crippen LogP contribution in [0.2, 0.25) is 0 Å². The average molecular weight is 308 g/mol. The number of nitrogens with zero attached hydrogens (tertiary/aromatic N) is 2. The third-order valence-corrected chi connectivity index (χ3v) is 4.94. The van der Waals surface area contributed by atoms with Gasteiger partial charge in [-0.15, -0.1) is 11.3 Å². The average Bonchev–Trinajstić information content (AvgIpc) is 2.77. The van der Waals surface area contributed by atoms with Gasteiger partial charge in [0.05, 0.1) is 16.8 Å². The number of thiazole rings is 1. The van der Waals surface area contributed by atoms with Crippen LogP contribution in [0.25, 0.3) is 0 Å². The van der Waals surface area contributed by atoms with E-state index >= 15 is 0 Å². The highest BCUT2D eigenvalue weighted by atomic mass is 32.1. The molecule has 0 amide bonds. The van der Waals surface area contributed by atoms with E-state index in [9.17, 15) is 9.50 Å². The molecule has 0 radical (unpaired) electrons. The number of benzene rings is 1. The fourth-order valence-corrected chi connectivity index (χ4v) is 3.40. The normalized spacial score (nSPS) is 14.4. The molecule has 0 aliphatic heterocycles. The van der Waals surface area contributed by atoms with E-state index in [1.807, 2.05) is 20.9 Å². The molecule has 0 saturated carbocycles. The van der Waals surface area contributed by atoms with Crippen LogP contribution in [0.5, 0.6) is 0 Å². The van der Waals surface area contributed by atoms with Crippen molar-refractivity contribution in [3.05, 3.63) is 51.2 Å². The Bertz CT molecular complexity index is 597. The van der Waals surface area contributed by atoms with Crippen LogP contribution in [0, 0.1) is 19.7 Å². The van der Waals surface area contributed by atoms with Gasteiger partial charge in [0, 0.05) is 17.5 Å². The fraction of sp³-hybridized carbons (Fsp3) is 0.438. The van der Waals surface area contributed by atoms with Gasteiger partial charge in [-0.1, -0.05) is 12.1 Å². The molecule has 2 aromatic rings. The molecule has 2 atom stereocenters. The third kappa shape index (κ3) is 3.87. The van der Waals surface area contributed by atoms with E-state index in [2.05, 4.69) is 16.8 Å². The van der Waals surface area contributed by atoms with Crippen LogP contribution in [-0.4, -0.2) is 28.6 Å². The summed E-state index contributed by atoms with van der Waals surface area (Å²) in [4.78, 5) is 7.76. The van der Waals surface area contributed by atoms with Gasteiger partial charge in [-0.05, 0) is 45.5 Å². The first-order valence-electron chi connectivity index (χ1n) is 6.96. The maximum absolute atomic E-state index is 12.9. The SMILES string of the molecule is Cc1nc(C)c(C(C)N(C)CC(O)c2ccc(F)cc2)s1. The summed E-state index contributed by atoms with van der Waals surface area (Å²) in [6, 6.07) is 6.18. The van der Waals surface area contributed by atoms with Gasteiger partial charge in [0.15, 0.2) is 0 Å². The lowest BCUT2D eigenvalue weighted by Gasteiger charge is -2.26. The minimum Gasteiger partial charge on any atom is -0.387 e. The molecule has 0 aliphatic rings. The first kappa shape index (κ1) is 16.1. The first-order valence-corrected chi connectivity index (χ1v) is 7.78. The summed E-state index contributed by atoms with van der Waals surface area (Å²) in [7, 11) is 1.98. The van der Waals surface area contributed by atoms with Crippen molar-refractivity contribution in [2.24, 2.45) is 0 Å². The lowest BCUT2D eigenvalue weighted by molar-refractivity contribution is 0.109. The van der Waals surface area contributed by atoms with Gasteiger partial charge in [-0.25, -0.2) is 9.37 Å². The molecule has 21 heavy (non-hydrogen) atoms. The zero-order valence-electron chi connectivity index (χ0n) is 12.8. The van der Waals surface area contributed by atoms with Crippen molar-refractivity contribution in [2.75, 3.05) is 13.6 Å². The maximum atomic E-state index is 12.9. The van der Waals surface area contributed by atoms with Gasteiger partial charge in [0.1, 0.15) is 5.82 Å². The second-order valence-corrected chi connectivity index (χ2v) is 6.60. The molecule has 1 heterocycles. The summed E-state index contributed by atoms with van der Waals surface area (Å²) in [6.07, 6.45) is -0.632. The highest BCUT2D eigenvalue weighted by Crippen LogP contribution is 2.29. The predicted octanol–water partition coefficient (Wildman–Crippen LogP) is 3.63. The Morgan fingerprint density at radius 2 is 1.90 bits per heavy atom. The van der Waals surface area contributed by atoms with Gasteiger partial charge in [-0.3, -0.25) is 4.90 Å². The van der Waals surface area contributed by atoms with Crippen LogP contribution in [0.1, 0.15) is 40.2 Å². The van der Waals surface area contributed by atoms with Gasteiger partial charge >= 0.3 is 0 Å². The van der Waals surface area contributed by atoms with Crippen LogP contribution >= 0.6 is 11.3 Å². The first-order chi connectivity index (χ1) is 9.88. The molecule has 0 saturated heterocycles. The number of hydrogen-bond acceptors (Lipinski definition) is 4. The molecule has 2 unspecified atom stereocenters. The Kier molecular flexibility index (Phi) is 5.08. The zero-order chi connectivity index (χ0) is 15.6. The van der Waals surface area contributed by atoms with Crippen LogP contribution in [-0.2, 0) is 0 Å². The van der Waals surface area contributed by atoms with Crippen molar-refractivity contribution in [2.45, 2.75) is 32.9 Å². The Balaban J connectivity index is 2.04. The van der Waals surface area contributed by atoms with Crippen molar-refractivity contribution in [3.8, 4) is 0 Å². The summed E-state index contributed by atoms with van der Waals surface area (Å²) in [5, 5.41) is 11.3. The molecule has 114 valence electrons. The molecule has 0 bridgehead atoms. The second kappa shape index (κ2) is 6.64. The monoisotopic (exact) mass is 308 g/mol. The quantitative estimate of drug-likeness (QED) is 0.916. The number of aliphatic hydroxyl groups is 1. The topological polar surface area (TPSA) is 36.4 Å². The molecular formula is C16H21FN2OS. The molecule has 1 aromatic heterocycles. The van der Waals surface area contributed by atoms with Crippen molar-refractivity contribution >= 4 is 11.3 Å². The van der Waals surface area contributed by atoms with E-state index in [0.717, 1.165) is 16.3 Å². The summed E-state index contributed by atoms with van der Waals surface area (Å²) >= 11 is 1.69. The Morgan fingerprint density at radius 1 is 1.29 bits per heavy atom. The molecule has 2 rings (SSSR count). The zero-order valence-corrected chi connectivity index (χ0v) is 13.6. The van der Waals surface area contributed by atoms with E-state index in [-0.39, 0.29) is 11.9 Å². The van der Waals surface area contributed by atoms with E-state index in [1.54, 1.807) is 23.5 Å².